The van der Waals surface area contributed by atoms with Crippen LogP contribution >= 0.6 is 22.9 Å². The highest BCUT2D eigenvalue weighted by Gasteiger charge is 2.12. The van der Waals surface area contributed by atoms with Gasteiger partial charge < -0.3 is 9.64 Å². The van der Waals surface area contributed by atoms with E-state index < -0.39 is 0 Å². The second-order valence-electron chi connectivity index (χ2n) is 5.58. The summed E-state index contributed by atoms with van der Waals surface area (Å²) in [7, 11) is 1.78. The smallest absolute Gasteiger partial charge is 0.253 e. The quantitative estimate of drug-likeness (QED) is 0.632. The molecule has 25 heavy (non-hydrogen) atoms. The molecule has 1 heterocycles. The van der Waals surface area contributed by atoms with Crippen molar-refractivity contribution in [3.63, 3.8) is 0 Å². The van der Waals surface area contributed by atoms with Gasteiger partial charge in [-0.2, -0.15) is 0 Å². The fourth-order valence-electron chi connectivity index (χ4n) is 2.32. The van der Waals surface area contributed by atoms with Crippen LogP contribution in [0.1, 0.15) is 21.6 Å². The molecule has 1 amide bonds. The summed E-state index contributed by atoms with van der Waals surface area (Å²) in [6.07, 6.45) is 0. The number of amides is 1. The van der Waals surface area contributed by atoms with Crippen molar-refractivity contribution in [3.05, 3.63) is 81.3 Å². The first-order chi connectivity index (χ1) is 12.1. The molecule has 3 aromatic rings. The predicted molar refractivity (Wildman–Crippen MR) is 100 cm³/mol. The zero-order valence-corrected chi connectivity index (χ0v) is 15.3. The highest BCUT2D eigenvalue weighted by Crippen LogP contribution is 2.17. The Labute approximate surface area is 155 Å². The van der Waals surface area contributed by atoms with E-state index >= 15 is 0 Å². The zero-order valence-electron chi connectivity index (χ0n) is 13.7. The van der Waals surface area contributed by atoms with Crippen LogP contribution in [0.4, 0.5) is 0 Å². The Balaban J connectivity index is 1.58. The largest absolute Gasteiger partial charge is 0.487 e. The number of carbonyl (C=O) groups is 1. The second-order valence-corrected chi connectivity index (χ2v) is 6.74. The minimum Gasteiger partial charge on any atom is -0.487 e. The Morgan fingerprint density at radius 1 is 1.16 bits per heavy atom. The summed E-state index contributed by atoms with van der Waals surface area (Å²) in [5.74, 6) is 0.672. The highest BCUT2D eigenvalue weighted by atomic mass is 35.5. The monoisotopic (exact) mass is 372 g/mol. The average Bonchev–Trinajstić information content (AvgIpc) is 3.15. The molecule has 0 atom stereocenters. The average molecular weight is 373 g/mol. The summed E-state index contributed by atoms with van der Waals surface area (Å²) in [6.45, 7) is 0.950. The van der Waals surface area contributed by atoms with Crippen molar-refractivity contribution in [2.45, 2.75) is 13.2 Å². The van der Waals surface area contributed by atoms with Crippen molar-refractivity contribution in [2.24, 2.45) is 0 Å². The summed E-state index contributed by atoms with van der Waals surface area (Å²) in [5.41, 5.74) is 4.32. The molecule has 0 unspecified atom stereocenters. The van der Waals surface area contributed by atoms with Crippen molar-refractivity contribution < 1.29 is 9.53 Å². The molecule has 0 saturated carbocycles. The molecule has 6 heteroatoms. The Morgan fingerprint density at radius 2 is 1.88 bits per heavy atom. The Bertz CT molecular complexity index is 818. The molecule has 1 aromatic heterocycles. The van der Waals surface area contributed by atoms with Gasteiger partial charge >= 0.3 is 0 Å². The van der Waals surface area contributed by atoms with Crippen LogP contribution in [0, 0.1) is 0 Å². The first kappa shape index (κ1) is 17.5. The van der Waals surface area contributed by atoms with Crippen LogP contribution in [0.5, 0.6) is 5.75 Å². The first-order valence-corrected chi connectivity index (χ1v) is 9.04. The predicted octanol–water partition coefficient (Wildman–Crippen LogP) is 4.65. The lowest BCUT2D eigenvalue weighted by molar-refractivity contribution is 0.0785. The van der Waals surface area contributed by atoms with Crippen molar-refractivity contribution in [1.82, 2.24) is 9.88 Å². The molecule has 0 aliphatic carbocycles. The number of hydrogen-bond acceptors (Lipinski definition) is 4. The zero-order chi connectivity index (χ0) is 17.6. The fraction of sp³-hybridized carbons (Fsp3) is 0.158. The maximum absolute atomic E-state index is 12.5. The summed E-state index contributed by atoms with van der Waals surface area (Å²) >= 11 is 7.42. The van der Waals surface area contributed by atoms with E-state index in [-0.39, 0.29) is 5.91 Å². The van der Waals surface area contributed by atoms with Gasteiger partial charge in [-0.05, 0) is 42.0 Å². The van der Waals surface area contributed by atoms with Crippen LogP contribution in [0.15, 0.2) is 59.4 Å². The minimum absolute atomic E-state index is 0.0407. The van der Waals surface area contributed by atoms with E-state index in [2.05, 4.69) is 4.98 Å². The second kappa shape index (κ2) is 8.14. The van der Waals surface area contributed by atoms with E-state index in [9.17, 15) is 4.79 Å². The normalized spacial score (nSPS) is 10.5. The van der Waals surface area contributed by atoms with E-state index in [1.807, 2.05) is 29.6 Å². The Hall–Kier alpha value is -2.37. The van der Waals surface area contributed by atoms with Crippen LogP contribution in [0.25, 0.3) is 0 Å². The lowest BCUT2D eigenvalue weighted by atomic mass is 10.1. The van der Waals surface area contributed by atoms with E-state index in [4.69, 9.17) is 16.3 Å². The topological polar surface area (TPSA) is 42.4 Å². The summed E-state index contributed by atoms with van der Waals surface area (Å²) in [4.78, 5) is 18.4. The third kappa shape index (κ3) is 4.81. The molecule has 0 aliphatic heterocycles. The number of nitrogens with zero attached hydrogens (tertiary/aromatic N) is 2. The van der Waals surface area contributed by atoms with Gasteiger partial charge in [0.15, 0.2) is 0 Å². The molecule has 2 aromatic carbocycles. The molecule has 0 N–H and O–H groups in total. The third-order valence-electron chi connectivity index (χ3n) is 3.65. The van der Waals surface area contributed by atoms with Gasteiger partial charge in [0.05, 0.1) is 11.2 Å². The molecule has 128 valence electrons. The maximum atomic E-state index is 12.5. The van der Waals surface area contributed by atoms with Crippen LogP contribution < -0.4 is 4.74 Å². The molecule has 0 spiro atoms. The molecular weight excluding hydrogens is 356 g/mol. The van der Waals surface area contributed by atoms with Crippen LogP contribution in [0.3, 0.4) is 0 Å². The van der Waals surface area contributed by atoms with E-state index in [1.165, 1.54) is 11.3 Å². The van der Waals surface area contributed by atoms with Crippen molar-refractivity contribution in [3.8, 4) is 5.75 Å². The maximum Gasteiger partial charge on any atom is 0.253 e. The van der Waals surface area contributed by atoms with Crippen LogP contribution in [-0.4, -0.2) is 22.8 Å². The van der Waals surface area contributed by atoms with Gasteiger partial charge in [-0.25, -0.2) is 4.98 Å². The van der Waals surface area contributed by atoms with Gasteiger partial charge in [0.2, 0.25) is 0 Å². The molecule has 0 radical (unpaired) electrons. The molecule has 0 fully saturated rings. The highest BCUT2D eigenvalue weighted by molar-refractivity contribution is 7.07. The molecule has 0 saturated heterocycles. The summed E-state index contributed by atoms with van der Waals surface area (Å²) in [6, 6.07) is 14.6. The van der Waals surface area contributed by atoms with Crippen molar-refractivity contribution in [2.75, 3.05) is 7.05 Å². The van der Waals surface area contributed by atoms with Crippen LogP contribution in [0.2, 0.25) is 5.02 Å². The van der Waals surface area contributed by atoms with Gasteiger partial charge in [-0.3, -0.25) is 4.79 Å². The number of benzene rings is 2. The summed E-state index contributed by atoms with van der Waals surface area (Å²) < 4.78 is 5.66. The standard InChI is InChI=1S/C19H17ClN2O2S/c1-22(10-14-2-6-16(20)7-3-14)19(23)15-4-8-18(9-5-15)24-11-17-12-25-13-21-17/h2-9,12-13H,10-11H2,1H3. The Morgan fingerprint density at radius 3 is 2.52 bits per heavy atom. The van der Waals surface area contributed by atoms with E-state index in [0.29, 0.717) is 29.5 Å². The van der Waals surface area contributed by atoms with Crippen LogP contribution in [-0.2, 0) is 13.2 Å². The molecule has 0 aliphatic rings. The number of rotatable bonds is 6. The van der Waals surface area contributed by atoms with E-state index in [1.54, 1.807) is 41.7 Å². The number of thiazole rings is 1. The van der Waals surface area contributed by atoms with Gasteiger partial charge in [-0.1, -0.05) is 23.7 Å². The van der Waals surface area contributed by atoms with Crippen molar-refractivity contribution in [1.29, 1.82) is 0 Å². The molecular formula is C19H17ClN2O2S. The number of hydrogen-bond donors (Lipinski definition) is 0. The van der Waals surface area contributed by atoms with E-state index in [0.717, 1.165) is 11.3 Å². The number of halogens is 1. The molecule has 0 bridgehead atoms. The van der Waals surface area contributed by atoms with Crippen molar-refractivity contribution >= 4 is 28.8 Å². The molecule has 3 rings (SSSR count). The van der Waals surface area contributed by atoms with Gasteiger partial charge in [-0.15, -0.1) is 11.3 Å². The first-order valence-electron chi connectivity index (χ1n) is 7.71. The molecule has 4 nitrogen and oxygen atoms in total. The Kier molecular flexibility index (Phi) is 5.68. The lowest BCUT2D eigenvalue weighted by Gasteiger charge is -2.17. The number of carbonyl (C=O) groups excluding carboxylic acids is 1. The summed E-state index contributed by atoms with van der Waals surface area (Å²) in [5, 5.41) is 2.63. The fourth-order valence-corrected chi connectivity index (χ4v) is 2.98. The number of aromatic nitrogens is 1. The minimum atomic E-state index is -0.0407. The SMILES string of the molecule is CN(Cc1ccc(Cl)cc1)C(=O)c1ccc(OCc2cscn2)cc1. The lowest BCUT2D eigenvalue weighted by Crippen LogP contribution is -2.26. The van der Waals surface area contributed by atoms with Gasteiger partial charge in [0, 0.05) is 29.6 Å². The number of ether oxygens (including phenoxy) is 1. The van der Waals surface area contributed by atoms with Gasteiger partial charge in [0.1, 0.15) is 12.4 Å². The van der Waals surface area contributed by atoms with Gasteiger partial charge in [0.25, 0.3) is 5.91 Å². The third-order valence-corrected chi connectivity index (χ3v) is 4.54.